The molecule has 2 aromatic carbocycles. The van der Waals surface area contributed by atoms with Crippen molar-refractivity contribution in [2.75, 3.05) is 6.54 Å². The van der Waals surface area contributed by atoms with Gasteiger partial charge in [0.2, 0.25) is 5.91 Å². The first kappa shape index (κ1) is 21.0. The van der Waals surface area contributed by atoms with Crippen LogP contribution in [0.1, 0.15) is 25.3 Å². The molecule has 1 amide bonds. The van der Waals surface area contributed by atoms with Crippen molar-refractivity contribution in [1.82, 2.24) is 25.1 Å². The first-order valence-electron chi connectivity index (χ1n) is 9.97. The van der Waals surface area contributed by atoms with Crippen LogP contribution in [0.2, 0.25) is 0 Å². The fraction of sp³-hybridized carbons (Fsp3) is 0.217. The summed E-state index contributed by atoms with van der Waals surface area (Å²) in [7, 11) is 0. The van der Waals surface area contributed by atoms with E-state index in [1.807, 2.05) is 25.1 Å². The molecule has 0 fully saturated rings. The summed E-state index contributed by atoms with van der Waals surface area (Å²) in [5.74, 6) is -0.139. The van der Waals surface area contributed by atoms with E-state index in [1.54, 1.807) is 23.0 Å². The molecule has 8 heteroatoms. The van der Waals surface area contributed by atoms with Gasteiger partial charge in [-0.2, -0.15) is 5.10 Å². The molecular formula is C23H22FN5OS. The quantitative estimate of drug-likeness (QED) is 0.345. The second kappa shape index (κ2) is 9.26. The van der Waals surface area contributed by atoms with Gasteiger partial charge in [-0.1, -0.05) is 49.0 Å². The zero-order valence-electron chi connectivity index (χ0n) is 17.2. The molecule has 31 heavy (non-hydrogen) atoms. The Morgan fingerprint density at radius 1 is 1.10 bits per heavy atom. The minimum atomic E-state index is -0.338. The Kier molecular flexibility index (Phi) is 6.27. The Morgan fingerprint density at radius 2 is 1.84 bits per heavy atom. The summed E-state index contributed by atoms with van der Waals surface area (Å²) < 4.78 is 14.9. The van der Waals surface area contributed by atoms with E-state index in [4.69, 9.17) is 0 Å². The van der Waals surface area contributed by atoms with Crippen molar-refractivity contribution >= 4 is 28.7 Å². The lowest BCUT2D eigenvalue weighted by Gasteiger charge is -2.16. The van der Waals surface area contributed by atoms with Crippen LogP contribution in [0.15, 0.2) is 72.1 Å². The maximum atomic E-state index is 13.2. The van der Waals surface area contributed by atoms with Crippen LogP contribution < -0.4 is 5.32 Å². The molecule has 0 aliphatic carbocycles. The van der Waals surface area contributed by atoms with Crippen LogP contribution in [-0.2, 0) is 4.79 Å². The summed E-state index contributed by atoms with van der Waals surface area (Å²) in [4.78, 5) is 21.3. The molecule has 2 heterocycles. The number of carbonyl (C=O) groups excluding carboxylic acids is 1. The van der Waals surface area contributed by atoms with E-state index in [1.165, 1.54) is 35.8 Å². The third-order valence-electron chi connectivity index (χ3n) is 5.01. The van der Waals surface area contributed by atoms with Crippen LogP contribution in [0, 0.1) is 5.82 Å². The molecule has 0 saturated carbocycles. The van der Waals surface area contributed by atoms with Gasteiger partial charge >= 0.3 is 0 Å². The molecule has 2 aromatic heterocycles. The standard InChI is InChI=1S/C23H22FN5OS/c1-15(17-6-4-3-5-7-17)12-25-22(30)16(2)31-23-20-13-28-29(21(20)26-14-27-23)19-10-8-18(24)9-11-19/h3-11,13-16H,12H2,1-2H3,(H,25,30). The molecule has 2 atom stereocenters. The molecule has 6 nitrogen and oxygen atoms in total. The van der Waals surface area contributed by atoms with Gasteiger partial charge in [0.25, 0.3) is 0 Å². The number of benzene rings is 2. The Labute approximate surface area is 183 Å². The number of halogens is 1. The molecule has 0 aliphatic rings. The van der Waals surface area contributed by atoms with Gasteiger partial charge in [-0.05, 0) is 42.7 Å². The Morgan fingerprint density at radius 3 is 2.58 bits per heavy atom. The van der Waals surface area contributed by atoms with Crippen LogP contribution in [0.4, 0.5) is 4.39 Å². The Bertz CT molecular complexity index is 1180. The van der Waals surface area contributed by atoms with E-state index in [-0.39, 0.29) is 22.9 Å². The maximum absolute atomic E-state index is 13.2. The van der Waals surface area contributed by atoms with Gasteiger partial charge in [-0.3, -0.25) is 4.79 Å². The average molecular weight is 436 g/mol. The molecule has 2 unspecified atom stereocenters. The SMILES string of the molecule is CC(Sc1ncnc2c1cnn2-c1ccc(F)cc1)C(=O)NCC(C)c1ccccc1. The highest BCUT2D eigenvalue weighted by Crippen LogP contribution is 2.29. The Balaban J connectivity index is 1.45. The number of rotatable bonds is 7. The molecule has 4 rings (SSSR count). The van der Waals surface area contributed by atoms with Crippen molar-refractivity contribution in [2.45, 2.75) is 30.0 Å². The predicted octanol–water partition coefficient (Wildman–Crippen LogP) is 4.36. The lowest BCUT2D eigenvalue weighted by Crippen LogP contribution is -2.33. The van der Waals surface area contributed by atoms with Crippen LogP contribution in [0.25, 0.3) is 16.7 Å². The second-order valence-electron chi connectivity index (χ2n) is 7.27. The minimum Gasteiger partial charge on any atom is -0.355 e. The molecule has 1 N–H and O–H groups in total. The number of hydrogen-bond donors (Lipinski definition) is 1. The molecule has 0 aliphatic heterocycles. The summed E-state index contributed by atoms with van der Waals surface area (Å²) in [5, 5.41) is 8.49. The van der Waals surface area contributed by atoms with Gasteiger partial charge in [0.05, 0.1) is 22.5 Å². The van der Waals surface area contributed by atoms with E-state index in [0.29, 0.717) is 22.9 Å². The Hall–Kier alpha value is -3.26. The van der Waals surface area contributed by atoms with E-state index < -0.39 is 0 Å². The largest absolute Gasteiger partial charge is 0.355 e. The van der Waals surface area contributed by atoms with E-state index in [0.717, 1.165) is 5.39 Å². The molecular weight excluding hydrogens is 413 g/mol. The van der Waals surface area contributed by atoms with E-state index >= 15 is 0 Å². The number of fused-ring (bicyclic) bond motifs is 1. The molecule has 4 aromatic rings. The summed E-state index contributed by atoms with van der Waals surface area (Å²) in [6, 6.07) is 16.1. The van der Waals surface area contributed by atoms with Crippen molar-refractivity contribution in [1.29, 1.82) is 0 Å². The molecule has 0 radical (unpaired) electrons. The average Bonchev–Trinajstić information content (AvgIpc) is 3.23. The summed E-state index contributed by atoms with van der Waals surface area (Å²) in [6.45, 7) is 4.51. The van der Waals surface area contributed by atoms with Crippen LogP contribution >= 0.6 is 11.8 Å². The van der Waals surface area contributed by atoms with Crippen LogP contribution in [0.3, 0.4) is 0 Å². The molecule has 0 bridgehead atoms. The lowest BCUT2D eigenvalue weighted by molar-refractivity contribution is -0.120. The summed E-state index contributed by atoms with van der Waals surface area (Å²) >= 11 is 1.36. The van der Waals surface area contributed by atoms with Crippen LogP contribution in [0.5, 0.6) is 0 Å². The summed E-state index contributed by atoms with van der Waals surface area (Å²) in [6.07, 6.45) is 3.12. The number of nitrogens with one attached hydrogen (secondary N) is 1. The van der Waals surface area contributed by atoms with Crippen molar-refractivity contribution in [3.05, 3.63) is 78.5 Å². The highest BCUT2D eigenvalue weighted by molar-refractivity contribution is 8.00. The van der Waals surface area contributed by atoms with Crippen molar-refractivity contribution < 1.29 is 9.18 Å². The van der Waals surface area contributed by atoms with Crippen molar-refractivity contribution in [2.24, 2.45) is 0 Å². The minimum absolute atomic E-state index is 0.0505. The maximum Gasteiger partial charge on any atom is 0.233 e. The van der Waals surface area contributed by atoms with Crippen molar-refractivity contribution in [3.63, 3.8) is 0 Å². The van der Waals surface area contributed by atoms with Gasteiger partial charge in [0.1, 0.15) is 17.2 Å². The highest BCUT2D eigenvalue weighted by Gasteiger charge is 2.19. The first-order chi connectivity index (χ1) is 15.0. The van der Waals surface area contributed by atoms with Gasteiger partial charge in [0.15, 0.2) is 5.65 Å². The fourth-order valence-corrected chi connectivity index (χ4v) is 4.11. The molecule has 158 valence electrons. The van der Waals surface area contributed by atoms with E-state index in [9.17, 15) is 9.18 Å². The highest BCUT2D eigenvalue weighted by atomic mass is 32.2. The molecule has 0 saturated heterocycles. The van der Waals surface area contributed by atoms with Gasteiger partial charge in [0, 0.05) is 6.54 Å². The zero-order valence-corrected chi connectivity index (χ0v) is 18.0. The number of nitrogens with zero attached hydrogens (tertiary/aromatic N) is 4. The normalized spacial score (nSPS) is 13.1. The first-order valence-corrected chi connectivity index (χ1v) is 10.8. The van der Waals surface area contributed by atoms with Gasteiger partial charge in [-0.25, -0.2) is 19.0 Å². The zero-order chi connectivity index (χ0) is 21.8. The predicted molar refractivity (Wildman–Crippen MR) is 120 cm³/mol. The number of carbonyl (C=O) groups is 1. The second-order valence-corrected chi connectivity index (χ2v) is 8.60. The van der Waals surface area contributed by atoms with Gasteiger partial charge < -0.3 is 5.32 Å². The van der Waals surface area contributed by atoms with E-state index in [2.05, 4.69) is 39.4 Å². The lowest BCUT2D eigenvalue weighted by atomic mass is 10.0. The van der Waals surface area contributed by atoms with Gasteiger partial charge in [-0.15, -0.1) is 0 Å². The number of thioether (sulfide) groups is 1. The fourth-order valence-electron chi connectivity index (χ4n) is 3.21. The third-order valence-corrected chi connectivity index (χ3v) is 6.13. The number of aromatic nitrogens is 4. The topological polar surface area (TPSA) is 72.7 Å². The molecule has 0 spiro atoms. The van der Waals surface area contributed by atoms with Crippen LogP contribution in [-0.4, -0.2) is 37.5 Å². The third kappa shape index (κ3) is 4.74. The van der Waals surface area contributed by atoms with Crippen molar-refractivity contribution in [3.8, 4) is 5.69 Å². The monoisotopic (exact) mass is 435 g/mol. The number of hydrogen-bond acceptors (Lipinski definition) is 5. The number of amides is 1. The summed E-state index contributed by atoms with van der Waals surface area (Å²) in [5.41, 5.74) is 2.50. The smallest absolute Gasteiger partial charge is 0.233 e.